The predicted octanol–water partition coefficient (Wildman–Crippen LogP) is 2.47. The van der Waals surface area contributed by atoms with Crippen LogP contribution in [-0.4, -0.2) is 37.9 Å². The van der Waals surface area contributed by atoms with Crippen LogP contribution in [0.15, 0.2) is 24.3 Å². The fourth-order valence-electron chi connectivity index (χ4n) is 2.25. The molecule has 18 heavy (non-hydrogen) atoms. The Bertz CT molecular complexity index is 430. The maximum atomic E-state index is 12.1. The number of ketones is 1. The maximum absolute atomic E-state index is 12.1. The summed E-state index contributed by atoms with van der Waals surface area (Å²) in [5.74, 6) is 2.51. The van der Waals surface area contributed by atoms with Crippen LogP contribution in [0.5, 0.6) is 5.75 Å². The number of hydrogen-bond donors (Lipinski definition) is 0. The molecule has 0 aromatic heterocycles. The van der Waals surface area contributed by atoms with Gasteiger partial charge in [-0.2, -0.15) is 0 Å². The summed E-state index contributed by atoms with van der Waals surface area (Å²) in [5.41, 5.74) is 0.727. The minimum atomic E-state index is 0.157. The number of likely N-dealkylation sites (N-methyl/N-ethyl adjacent to an activating group) is 1. The Kier molecular flexibility index (Phi) is 4.02. The lowest BCUT2D eigenvalue weighted by molar-refractivity contribution is 0.0943. The Balaban J connectivity index is 1.89. The molecule has 0 bridgehead atoms. The Labute approximate surface area is 109 Å². The number of ether oxygens (including phenoxy) is 1. The van der Waals surface area contributed by atoms with Gasteiger partial charge >= 0.3 is 0 Å². The third-order valence-corrected chi connectivity index (χ3v) is 3.63. The lowest BCUT2D eigenvalue weighted by atomic mass is 10.1. The summed E-state index contributed by atoms with van der Waals surface area (Å²) in [6.45, 7) is 3.77. The van der Waals surface area contributed by atoms with E-state index in [1.54, 1.807) is 13.2 Å². The average Bonchev–Trinajstić information content (AvgIpc) is 3.04. The molecule has 1 fully saturated rings. The standard InChI is InChI=1S/C15H21NO2/c1-11-7-13(11)9-16(2)10-15(17)12-5-4-6-14(8-12)18-3/h4-6,8,11,13H,7,9-10H2,1-3H3. The number of rotatable bonds is 6. The molecule has 1 aromatic carbocycles. The highest BCUT2D eigenvalue weighted by Crippen LogP contribution is 2.37. The number of carbonyl (C=O) groups excluding carboxylic acids is 1. The van der Waals surface area contributed by atoms with Crippen LogP contribution in [-0.2, 0) is 0 Å². The summed E-state index contributed by atoms with van der Waals surface area (Å²) in [4.78, 5) is 14.2. The maximum Gasteiger partial charge on any atom is 0.176 e. The van der Waals surface area contributed by atoms with Crippen molar-refractivity contribution in [2.24, 2.45) is 11.8 Å². The van der Waals surface area contributed by atoms with Crippen LogP contribution < -0.4 is 4.74 Å². The Morgan fingerprint density at radius 2 is 2.22 bits per heavy atom. The highest BCUT2D eigenvalue weighted by Gasteiger charge is 2.33. The molecule has 3 nitrogen and oxygen atoms in total. The SMILES string of the molecule is COc1cccc(C(=O)CN(C)CC2CC2C)c1. The van der Waals surface area contributed by atoms with Gasteiger partial charge < -0.3 is 4.74 Å². The number of methoxy groups -OCH3 is 1. The van der Waals surface area contributed by atoms with Crippen molar-refractivity contribution in [1.82, 2.24) is 4.90 Å². The van der Waals surface area contributed by atoms with E-state index in [9.17, 15) is 4.79 Å². The molecule has 1 aromatic rings. The van der Waals surface area contributed by atoms with Crippen LogP contribution in [0.25, 0.3) is 0 Å². The quantitative estimate of drug-likeness (QED) is 0.723. The van der Waals surface area contributed by atoms with Crippen molar-refractivity contribution in [1.29, 1.82) is 0 Å². The lowest BCUT2D eigenvalue weighted by Crippen LogP contribution is -2.28. The van der Waals surface area contributed by atoms with Crippen molar-refractivity contribution in [2.75, 3.05) is 27.2 Å². The summed E-state index contributed by atoms with van der Waals surface area (Å²) in [6.07, 6.45) is 1.30. The number of Topliss-reactive ketones (excluding diaryl/α,β-unsaturated/α-hetero) is 1. The summed E-state index contributed by atoms with van der Waals surface area (Å²) in [6, 6.07) is 7.36. The van der Waals surface area contributed by atoms with E-state index in [0.717, 1.165) is 29.7 Å². The predicted molar refractivity (Wildman–Crippen MR) is 72.1 cm³/mol. The second kappa shape index (κ2) is 5.53. The van der Waals surface area contributed by atoms with Crippen molar-refractivity contribution in [3.8, 4) is 5.75 Å². The largest absolute Gasteiger partial charge is 0.497 e. The molecule has 0 aliphatic heterocycles. The van der Waals surface area contributed by atoms with Crippen LogP contribution in [0.4, 0.5) is 0 Å². The second-order valence-electron chi connectivity index (χ2n) is 5.32. The molecule has 0 radical (unpaired) electrons. The molecule has 3 heteroatoms. The van der Waals surface area contributed by atoms with Crippen LogP contribution >= 0.6 is 0 Å². The minimum absolute atomic E-state index is 0.157. The highest BCUT2D eigenvalue weighted by atomic mass is 16.5. The van der Waals surface area contributed by atoms with Gasteiger partial charge in [0.05, 0.1) is 13.7 Å². The van der Waals surface area contributed by atoms with Gasteiger partial charge in [-0.25, -0.2) is 0 Å². The normalized spacial score (nSPS) is 22.0. The lowest BCUT2D eigenvalue weighted by Gasteiger charge is -2.15. The number of carbonyl (C=O) groups is 1. The van der Waals surface area contributed by atoms with E-state index >= 15 is 0 Å². The highest BCUT2D eigenvalue weighted by molar-refractivity contribution is 5.97. The first kappa shape index (κ1) is 13.1. The average molecular weight is 247 g/mol. The van der Waals surface area contributed by atoms with Crippen LogP contribution in [0, 0.1) is 11.8 Å². The molecule has 1 aliphatic carbocycles. The molecule has 2 rings (SSSR count). The summed E-state index contributed by atoms with van der Waals surface area (Å²) in [5, 5.41) is 0. The van der Waals surface area contributed by atoms with Crippen molar-refractivity contribution in [2.45, 2.75) is 13.3 Å². The number of hydrogen-bond acceptors (Lipinski definition) is 3. The van der Waals surface area contributed by atoms with Gasteiger partial charge in [-0.05, 0) is 37.4 Å². The summed E-state index contributed by atoms with van der Waals surface area (Å²) >= 11 is 0. The smallest absolute Gasteiger partial charge is 0.176 e. The van der Waals surface area contributed by atoms with Gasteiger partial charge in [0, 0.05) is 12.1 Å². The second-order valence-corrected chi connectivity index (χ2v) is 5.32. The Hall–Kier alpha value is -1.35. The topological polar surface area (TPSA) is 29.5 Å². The van der Waals surface area contributed by atoms with Crippen LogP contribution in [0.2, 0.25) is 0 Å². The van der Waals surface area contributed by atoms with Gasteiger partial charge in [0.25, 0.3) is 0 Å². The van der Waals surface area contributed by atoms with Crippen molar-refractivity contribution < 1.29 is 9.53 Å². The van der Waals surface area contributed by atoms with Crippen molar-refractivity contribution in [3.63, 3.8) is 0 Å². The Morgan fingerprint density at radius 1 is 1.50 bits per heavy atom. The summed E-state index contributed by atoms with van der Waals surface area (Å²) < 4.78 is 5.13. The fraction of sp³-hybridized carbons (Fsp3) is 0.533. The zero-order valence-electron chi connectivity index (χ0n) is 11.3. The van der Waals surface area contributed by atoms with Gasteiger partial charge in [-0.15, -0.1) is 0 Å². The third kappa shape index (κ3) is 3.33. The minimum Gasteiger partial charge on any atom is -0.497 e. The number of nitrogens with zero attached hydrogens (tertiary/aromatic N) is 1. The molecule has 0 spiro atoms. The van der Waals surface area contributed by atoms with E-state index in [2.05, 4.69) is 11.8 Å². The molecule has 2 unspecified atom stereocenters. The summed E-state index contributed by atoms with van der Waals surface area (Å²) in [7, 11) is 3.63. The van der Waals surface area contributed by atoms with E-state index < -0.39 is 0 Å². The zero-order chi connectivity index (χ0) is 13.1. The fourth-order valence-corrected chi connectivity index (χ4v) is 2.25. The van der Waals surface area contributed by atoms with Crippen LogP contribution in [0.1, 0.15) is 23.7 Å². The monoisotopic (exact) mass is 247 g/mol. The molecule has 0 heterocycles. The first-order chi connectivity index (χ1) is 8.60. The van der Waals surface area contributed by atoms with E-state index in [1.807, 2.05) is 25.2 Å². The molecule has 2 atom stereocenters. The molecule has 0 saturated heterocycles. The van der Waals surface area contributed by atoms with Crippen molar-refractivity contribution in [3.05, 3.63) is 29.8 Å². The molecular formula is C15H21NO2. The molecule has 0 amide bonds. The van der Waals surface area contributed by atoms with Crippen molar-refractivity contribution >= 4 is 5.78 Å². The first-order valence-electron chi connectivity index (χ1n) is 6.46. The van der Waals surface area contributed by atoms with Gasteiger partial charge in [-0.3, -0.25) is 9.69 Å². The number of benzene rings is 1. The van der Waals surface area contributed by atoms with Gasteiger partial charge in [-0.1, -0.05) is 19.1 Å². The Morgan fingerprint density at radius 3 is 2.83 bits per heavy atom. The van der Waals surface area contributed by atoms with E-state index in [-0.39, 0.29) is 5.78 Å². The molecule has 1 saturated carbocycles. The zero-order valence-corrected chi connectivity index (χ0v) is 11.3. The van der Waals surface area contributed by atoms with Gasteiger partial charge in [0.15, 0.2) is 5.78 Å². The third-order valence-electron chi connectivity index (χ3n) is 3.63. The molecule has 0 N–H and O–H groups in total. The van der Waals surface area contributed by atoms with Crippen LogP contribution in [0.3, 0.4) is 0 Å². The van der Waals surface area contributed by atoms with E-state index in [1.165, 1.54) is 6.42 Å². The van der Waals surface area contributed by atoms with Gasteiger partial charge in [0.2, 0.25) is 0 Å². The van der Waals surface area contributed by atoms with Gasteiger partial charge in [0.1, 0.15) is 5.75 Å². The molecular weight excluding hydrogens is 226 g/mol. The molecule has 1 aliphatic rings. The molecule has 98 valence electrons. The first-order valence-corrected chi connectivity index (χ1v) is 6.46. The van der Waals surface area contributed by atoms with E-state index in [4.69, 9.17) is 4.74 Å². The van der Waals surface area contributed by atoms with E-state index in [0.29, 0.717) is 6.54 Å².